The molecule has 0 spiro atoms. The van der Waals surface area contributed by atoms with Crippen LogP contribution < -0.4 is 5.32 Å². The highest BCUT2D eigenvalue weighted by molar-refractivity contribution is 7.11. The molecule has 0 radical (unpaired) electrons. The highest BCUT2D eigenvalue weighted by Gasteiger charge is 2.48. The number of rotatable bonds is 5. The van der Waals surface area contributed by atoms with Gasteiger partial charge in [0.05, 0.1) is 18.4 Å². The maximum Gasteiger partial charge on any atom is 0.307 e. The number of amides is 1. The van der Waals surface area contributed by atoms with Gasteiger partial charge in [0.15, 0.2) is 0 Å². The Morgan fingerprint density at radius 2 is 2.35 bits per heavy atom. The molecule has 0 aliphatic heterocycles. The Labute approximate surface area is 103 Å². The standard InChI is InChI=1S/C11H14N2O3S/c1-2-6-4-12-9(17-6)5-13-10(14)7-3-8(7)11(15)16/h4,7-8H,2-3,5H2,1H3,(H,13,14)(H,15,16)/t7-,8+/m0/s1. The maximum atomic E-state index is 11.6. The third-order valence-corrected chi connectivity index (χ3v) is 3.95. The second-order valence-electron chi connectivity index (χ2n) is 4.08. The number of carbonyl (C=O) groups is 2. The van der Waals surface area contributed by atoms with Crippen molar-refractivity contribution in [2.24, 2.45) is 11.8 Å². The minimum absolute atomic E-state index is 0.175. The lowest BCUT2D eigenvalue weighted by Crippen LogP contribution is -2.25. The van der Waals surface area contributed by atoms with E-state index >= 15 is 0 Å². The van der Waals surface area contributed by atoms with Gasteiger partial charge in [-0.2, -0.15) is 0 Å². The topological polar surface area (TPSA) is 79.3 Å². The molecule has 17 heavy (non-hydrogen) atoms. The van der Waals surface area contributed by atoms with Gasteiger partial charge in [0.25, 0.3) is 0 Å². The molecular formula is C11H14N2O3S. The van der Waals surface area contributed by atoms with Gasteiger partial charge in [-0.25, -0.2) is 4.98 Å². The number of aryl methyl sites for hydroxylation is 1. The average Bonchev–Trinajstić information content (AvgIpc) is 2.99. The molecule has 1 saturated carbocycles. The molecule has 6 heteroatoms. The zero-order valence-electron chi connectivity index (χ0n) is 9.47. The fourth-order valence-corrected chi connectivity index (χ4v) is 2.45. The SMILES string of the molecule is CCc1cnc(CNC(=O)[C@H]2C[C@H]2C(=O)O)s1. The molecule has 0 unspecified atom stereocenters. The van der Waals surface area contributed by atoms with Crippen molar-refractivity contribution in [3.63, 3.8) is 0 Å². The van der Waals surface area contributed by atoms with E-state index in [-0.39, 0.29) is 11.8 Å². The van der Waals surface area contributed by atoms with Crippen LogP contribution in [0.2, 0.25) is 0 Å². The van der Waals surface area contributed by atoms with E-state index in [1.165, 1.54) is 4.88 Å². The number of aliphatic carboxylic acids is 1. The summed E-state index contributed by atoms with van der Waals surface area (Å²) in [6, 6.07) is 0. The monoisotopic (exact) mass is 254 g/mol. The highest BCUT2D eigenvalue weighted by Crippen LogP contribution is 2.38. The van der Waals surface area contributed by atoms with Gasteiger partial charge in [-0.1, -0.05) is 6.92 Å². The van der Waals surface area contributed by atoms with Crippen LogP contribution in [0.4, 0.5) is 0 Å². The molecule has 2 atom stereocenters. The van der Waals surface area contributed by atoms with Crippen molar-refractivity contribution < 1.29 is 14.7 Å². The number of carbonyl (C=O) groups excluding carboxylic acids is 1. The first-order valence-corrected chi connectivity index (χ1v) is 6.37. The van der Waals surface area contributed by atoms with Crippen molar-refractivity contribution in [2.75, 3.05) is 0 Å². The van der Waals surface area contributed by atoms with E-state index < -0.39 is 11.9 Å². The van der Waals surface area contributed by atoms with Crippen molar-refractivity contribution in [3.05, 3.63) is 16.1 Å². The molecule has 5 nitrogen and oxygen atoms in total. The molecule has 0 bridgehead atoms. The summed E-state index contributed by atoms with van der Waals surface area (Å²) in [4.78, 5) is 27.5. The van der Waals surface area contributed by atoms with Crippen molar-refractivity contribution >= 4 is 23.2 Å². The lowest BCUT2D eigenvalue weighted by atomic mass is 10.3. The van der Waals surface area contributed by atoms with Crippen LogP contribution in [0.25, 0.3) is 0 Å². The van der Waals surface area contributed by atoms with Crippen molar-refractivity contribution in [1.82, 2.24) is 10.3 Å². The molecule has 2 rings (SSSR count). The van der Waals surface area contributed by atoms with Gasteiger partial charge in [-0.15, -0.1) is 11.3 Å². The smallest absolute Gasteiger partial charge is 0.307 e. The van der Waals surface area contributed by atoms with Crippen LogP contribution in [-0.2, 0) is 22.6 Å². The minimum atomic E-state index is -0.882. The summed E-state index contributed by atoms with van der Waals surface area (Å²) < 4.78 is 0. The van der Waals surface area contributed by atoms with Gasteiger partial charge in [0.1, 0.15) is 5.01 Å². The largest absolute Gasteiger partial charge is 0.481 e. The number of hydrogen-bond acceptors (Lipinski definition) is 4. The third-order valence-electron chi connectivity index (χ3n) is 2.81. The molecule has 1 aliphatic rings. The van der Waals surface area contributed by atoms with E-state index in [9.17, 15) is 9.59 Å². The van der Waals surface area contributed by atoms with E-state index in [0.29, 0.717) is 13.0 Å². The molecule has 1 amide bonds. The molecule has 0 saturated heterocycles. The Hall–Kier alpha value is -1.43. The summed E-state index contributed by atoms with van der Waals surface area (Å²) in [6.45, 7) is 2.45. The van der Waals surface area contributed by atoms with Crippen LogP contribution in [-0.4, -0.2) is 22.0 Å². The molecule has 1 aromatic rings. The van der Waals surface area contributed by atoms with Crippen LogP contribution >= 0.6 is 11.3 Å². The van der Waals surface area contributed by atoms with Crippen LogP contribution in [0.1, 0.15) is 23.2 Å². The highest BCUT2D eigenvalue weighted by atomic mass is 32.1. The number of aromatic nitrogens is 1. The first-order chi connectivity index (χ1) is 8.11. The Bertz CT molecular complexity index is 444. The molecule has 0 aromatic carbocycles. The Morgan fingerprint density at radius 1 is 1.59 bits per heavy atom. The van der Waals surface area contributed by atoms with E-state index in [1.54, 1.807) is 11.3 Å². The molecule has 1 aromatic heterocycles. The van der Waals surface area contributed by atoms with Gasteiger partial charge < -0.3 is 10.4 Å². The average molecular weight is 254 g/mol. The third kappa shape index (κ3) is 2.82. The van der Waals surface area contributed by atoms with Crippen molar-refractivity contribution in [3.8, 4) is 0 Å². The van der Waals surface area contributed by atoms with E-state index in [2.05, 4.69) is 17.2 Å². The number of carboxylic acids is 1. The van der Waals surface area contributed by atoms with Crippen LogP contribution in [0.3, 0.4) is 0 Å². The number of nitrogens with zero attached hydrogens (tertiary/aromatic N) is 1. The summed E-state index contributed by atoms with van der Waals surface area (Å²) in [7, 11) is 0. The predicted octanol–water partition coefficient (Wildman–Crippen LogP) is 1.04. The van der Waals surface area contributed by atoms with Crippen molar-refractivity contribution in [2.45, 2.75) is 26.3 Å². The summed E-state index contributed by atoms with van der Waals surface area (Å²) in [5.41, 5.74) is 0. The maximum absolute atomic E-state index is 11.6. The Morgan fingerprint density at radius 3 is 2.88 bits per heavy atom. The predicted molar refractivity (Wildman–Crippen MR) is 62.6 cm³/mol. The quantitative estimate of drug-likeness (QED) is 0.823. The summed E-state index contributed by atoms with van der Waals surface area (Å²) in [5.74, 6) is -1.89. The second kappa shape index (κ2) is 4.83. The first-order valence-electron chi connectivity index (χ1n) is 5.56. The summed E-state index contributed by atoms with van der Waals surface area (Å²) in [6.07, 6.45) is 3.21. The fraction of sp³-hybridized carbons (Fsp3) is 0.545. The van der Waals surface area contributed by atoms with E-state index in [4.69, 9.17) is 5.11 Å². The molecule has 1 heterocycles. The minimum Gasteiger partial charge on any atom is -0.481 e. The number of nitrogens with one attached hydrogen (secondary N) is 1. The Balaban J connectivity index is 1.79. The molecule has 1 fully saturated rings. The molecular weight excluding hydrogens is 240 g/mol. The number of carboxylic acid groups (broad SMARTS) is 1. The molecule has 2 N–H and O–H groups in total. The lowest BCUT2D eigenvalue weighted by Gasteiger charge is -2.00. The zero-order chi connectivity index (χ0) is 12.4. The van der Waals surface area contributed by atoms with Crippen LogP contribution in [0.15, 0.2) is 6.20 Å². The van der Waals surface area contributed by atoms with E-state index in [1.807, 2.05) is 6.20 Å². The van der Waals surface area contributed by atoms with Gasteiger partial charge in [-0.05, 0) is 12.8 Å². The zero-order valence-corrected chi connectivity index (χ0v) is 10.3. The summed E-state index contributed by atoms with van der Waals surface area (Å²) in [5, 5.41) is 12.3. The van der Waals surface area contributed by atoms with Crippen LogP contribution in [0.5, 0.6) is 0 Å². The number of thiazole rings is 1. The summed E-state index contributed by atoms with van der Waals surface area (Å²) >= 11 is 1.57. The molecule has 92 valence electrons. The van der Waals surface area contributed by atoms with E-state index in [0.717, 1.165) is 11.4 Å². The first kappa shape index (κ1) is 12.0. The van der Waals surface area contributed by atoms with Crippen molar-refractivity contribution in [1.29, 1.82) is 0 Å². The Kier molecular flexibility index (Phi) is 3.42. The lowest BCUT2D eigenvalue weighted by molar-refractivity contribution is -0.140. The molecule has 1 aliphatic carbocycles. The van der Waals surface area contributed by atoms with Crippen LogP contribution in [0, 0.1) is 11.8 Å². The van der Waals surface area contributed by atoms with Gasteiger partial charge in [-0.3, -0.25) is 9.59 Å². The van der Waals surface area contributed by atoms with Gasteiger partial charge >= 0.3 is 5.97 Å². The van der Waals surface area contributed by atoms with Gasteiger partial charge in [0, 0.05) is 11.1 Å². The number of hydrogen-bond donors (Lipinski definition) is 2. The normalized spacial score (nSPS) is 22.2. The fourth-order valence-electron chi connectivity index (χ4n) is 1.64. The second-order valence-corrected chi connectivity index (χ2v) is 5.28. The van der Waals surface area contributed by atoms with Gasteiger partial charge in [0.2, 0.25) is 5.91 Å².